The first-order chi connectivity index (χ1) is 18.4. The Morgan fingerprint density at radius 1 is 1.03 bits per heavy atom. The molecular formula is C26H42N4O7SSe. The van der Waals surface area contributed by atoms with Crippen molar-refractivity contribution in [3.8, 4) is 5.75 Å². The minimum absolute atomic E-state index is 0.0909. The quantitative estimate of drug-likeness (QED) is 0.0963. The van der Waals surface area contributed by atoms with Crippen LogP contribution in [0, 0.1) is 0 Å². The normalized spacial score (nSPS) is 13.6. The van der Waals surface area contributed by atoms with Gasteiger partial charge in [-0.3, -0.25) is 0 Å². The molecule has 39 heavy (non-hydrogen) atoms. The van der Waals surface area contributed by atoms with E-state index in [9.17, 15) is 24.3 Å². The molecule has 0 aromatic heterocycles. The Balaban J connectivity index is 2.92. The van der Waals surface area contributed by atoms with Gasteiger partial charge < -0.3 is 0 Å². The van der Waals surface area contributed by atoms with Crippen LogP contribution >= 0.6 is 11.8 Å². The van der Waals surface area contributed by atoms with Crippen LogP contribution in [0.1, 0.15) is 52.0 Å². The van der Waals surface area contributed by atoms with E-state index in [2.05, 4.69) is 15.0 Å². The number of ether oxygens (including phenoxy) is 2. The van der Waals surface area contributed by atoms with E-state index in [0.29, 0.717) is 38.0 Å². The summed E-state index contributed by atoms with van der Waals surface area (Å²) in [5, 5.41) is 14.9. The monoisotopic (exact) mass is 634 g/mol. The fourth-order valence-corrected chi connectivity index (χ4v) is 5.50. The van der Waals surface area contributed by atoms with Gasteiger partial charge in [0.05, 0.1) is 0 Å². The van der Waals surface area contributed by atoms with Crippen LogP contribution in [0.15, 0.2) is 24.3 Å². The number of phenolic OH excluding ortho intramolecular Hbond substituents is 1. The number of thioether (sulfide) groups is 1. The molecule has 0 bridgehead atoms. The number of unbranched alkanes of at least 4 members (excludes halogenated alkanes) is 1. The third kappa shape index (κ3) is 14.6. The van der Waals surface area contributed by atoms with Crippen molar-refractivity contribution in [2.75, 3.05) is 25.7 Å². The van der Waals surface area contributed by atoms with Gasteiger partial charge in [-0.1, -0.05) is 0 Å². The van der Waals surface area contributed by atoms with Crippen molar-refractivity contribution in [1.82, 2.24) is 15.0 Å². The van der Waals surface area contributed by atoms with Gasteiger partial charge >= 0.3 is 242 Å². The van der Waals surface area contributed by atoms with E-state index < -0.39 is 56.9 Å². The maximum absolute atomic E-state index is 13.2. The Morgan fingerprint density at radius 2 is 1.69 bits per heavy atom. The number of phenols is 1. The number of carbonyl (C=O) groups excluding carboxylic acids is 4. The molecule has 1 rings (SSSR count). The van der Waals surface area contributed by atoms with Crippen LogP contribution in [0.25, 0.3) is 0 Å². The number of aromatic hydroxyl groups is 1. The average Bonchev–Trinajstić information content (AvgIpc) is 2.87. The second-order valence-electron chi connectivity index (χ2n) is 9.81. The summed E-state index contributed by atoms with van der Waals surface area (Å²) in [4.78, 5) is 51.1. The zero-order valence-corrected chi connectivity index (χ0v) is 25.8. The van der Waals surface area contributed by atoms with E-state index in [1.54, 1.807) is 44.7 Å². The Morgan fingerprint density at radius 3 is 2.26 bits per heavy atom. The number of amides is 2. The fourth-order valence-electron chi connectivity index (χ4n) is 3.35. The third-order valence-corrected chi connectivity index (χ3v) is 7.84. The number of benzene rings is 1. The van der Waals surface area contributed by atoms with Crippen molar-refractivity contribution >= 4 is 49.6 Å². The number of hydrogen-bond acceptors (Lipinski definition) is 10. The van der Waals surface area contributed by atoms with Crippen molar-refractivity contribution in [2.45, 2.75) is 76.6 Å². The van der Waals surface area contributed by atoms with Crippen LogP contribution in [-0.4, -0.2) is 92.3 Å². The number of rotatable bonds is 17. The summed E-state index contributed by atoms with van der Waals surface area (Å²) in [6.45, 7) is 5.68. The van der Waals surface area contributed by atoms with Gasteiger partial charge in [0, 0.05) is 0 Å². The second-order valence-corrected chi connectivity index (χ2v) is 12.6. The predicted octanol–water partition coefficient (Wildman–Crippen LogP) is 1.47. The molecule has 1 aromatic carbocycles. The molecule has 6 N–H and O–H groups in total. The number of methoxy groups -OCH3 is 1. The van der Waals surface area contributed by atoms with E-state index in [0.717, 1.165) is 5.56 Å². The summed E-state index contributed by atoms with van der Waals surface area (Å²) in [5.74, 6) is -0.310. The molecule has 3 atom stereocenters. The fraction of sp³-hybridized carbons (Fsp3) is 0.615. The van der Waals surface area contributed by atoms with Gasteiger partial charge in [0.2, 0.25) is 0 Å². The summed E-state index contributed by atoms with van der Waals surface area (Å²) >= 11 is 0.703. The summed E-state index contributed by atoms with van der Waals surface area (Å²) in [7, 11) is 1.24. The zero-order valence-electron chi connectivity index (χ0n) is 23.3. The number of nitrogens with two attached hydrogens (primary N) is 1. The number of nitrogens with one attached hydrogen (secondary N) is 3. The molecule has 0 radical (unpaired) electrons. The van der Waals surface area contributed by atoms with Crippen LogP contribution in [0.3, 0.4) is 0 Å². The summed E-state index contributed by atoms with van der Waals surface area (Å²) in [6, 6.07) is 3.85. The van der Waals surface area contributed by atoms with Crippen LogP contribution in [0.5, 0.6) is 5.75 Å². The van der Waals surface area contributed by atoms with Crippen LogP contribution < -0.4 is 20.7 Å². The molecule has 0 unspecified atom stereocenters. The maximum atomic E-state index is 13.2. The van der Waals surface area contributed by atoms with Gasteiger partial charge in [0.1, 0.15) is 0 Å². The molecular weight excluding hydrogens is 591 g/mol. The number of alkyl carbamates (subject to hydrolysis) is 1. The van der Waals surface area contributed by atoms with Crippen molar-refractivity contribution in [3.05, 3.63) is 29.8 Å². The standard InChI is InChI=1S/C26H42N4O7SSe/c1-26(2,3)37-25(35)29-20(8-6-7-14-27)24(34)39-30-19(13-15-38-5)22(32)28-21(23(33)36-4)16-17-9-11-18(31)12-10-17/h9-12,19-21,30-31H,6-8,13-16,27H2,1-5H3,(H,28,32)(H,29,35)/t19-,20-,21-/m0/s1. The molecule has 1 aromatic rings. The Hall–Kier alpha value is -2.31. The average molecular weight is 634 g/mol. The topological polar surface area (TPSA) is 169 Å². The van der Waals surface area contributed by atoms with Gasteiger partial charge in [-0.05, 0) is 0 Å². The van der Waals surface area contributed by atoms with Crippen molar-refractivity contribution in [3.63, 3.8) is 0 Å². The van der Waals surface area contributed by atoms with Crippen molar-refractivity contribution in [1.29, 1.82) is 0 Å². The van der Waals surface area contributed by atoms with Crippen molar-refractivity contribution < 1.29 is 33.8 Å². The van der Waals surface area contributed by atoms with Gasteiger partial charge in [0.25, 0.3) is 0 Å². The van der Waals surface area contributed by atoms with E-state index in [1.807, 2.05) is 6.26 Å². The van der Waals surface area contributed by atoms with E-state index in [-0.39, 0.29) is 16.9 Å². The third-order valence-electron chi connectivity index (χ3n) is 5.33. The van der Waals surface area contributed by atoms with Gasteiger partial charge in [-0.2, -0.15) is 0 Å². The second kappa shape index (κ2) is 18.1. The summed E-state index contributed by atoms with van der Waals surface area (Å²) in [5.41, 5.74) is 5.60. The van der Waals surface area contributed by atoms with Gasteiger partial charge in [-0.15, -0.1) is 0 Å². The van der Waals surface area contributed by atoms with Crippen LogP contribution in [0.2, 0.25) is 0 Å². The summed E-state index contributed by atoms with van der Waals surface area (Å²) < 4.78 is 13.0. The molecule has 0 heterocycles. The van der Waals surface area contributed by atoms with Gasteiger partial charge in [-0.25, -0.2) is 0 Å². The number of carbonyl (C=O) groups is 4. The van der Waals surface area contributed by atoms with E-state index in [1.165, 1.54) is 19.2 Å². The minimum atomic E-state index is -0.952. The molecule has 0 saturated heterocycles. The molecule has 0 saturated carbocycles. The first kappa shape index (κ1) is 34.7. The molecule has 13 heteroatoms. The predicted molar refractivity (Wildman–Crippen MR) is 153 cm³/mol. The Bertz CT molecular complexity index is 928. The number of hydrogen-bond donors (Lipinski definition) is 5. The molecule has 220 valence electrons. The first-order valence-corrected chi connectivity index (χ1v) is 15.8. The van der Waals surface area contributed by atoms with E-state index >= 15 is 0 Å². The van der Waals surface area contributed by atoms with E-state index in [4.69, 9.17) is 15.2 Å². The molecule has 2 amide bonds. The molecule has 0 aliphatic carbocycles. The van der Waals surface area contributed by atoms with Crippen molar-refractivity contribution in [2.24, 2.45) is 5.73 Å². The molecule has 0 fully saturated rings. The Kier molecular flexibility index (Phi) is 16.1. The molecule has 11 nitrogen and oxygen atoms in total. The first-order valence-electron chi connectivity index (χ1n) is 12.7. The summed E-state index contributed by atoms with van der Waals surface area (Å²) in [6.07, 6.45) is 3.56. The molecule has 0 aliphatic rings. The molecule has 0 aliphatic heterocycles. The van der Waals surface area contributed by atoms with Crippen LogP contribution in [0.4, 0.5) is 4.79 Å². The Labute approximate surface area is 241 Å². The number of esters is 1. The van der Waals surface area contributed by atoms with Gasteiger partial charge in [0.15, 0.2) is 0 Å². The molecule has 0 spiro atoms. The SMILES string of the molecule is COC(=O)[C@H](Cc1ccc(O)cc1)NC(=O)[C@H](CCSC)N[Se]C(=O)[C@H](CCCCN)NC(=O)OC(C)(C)C. The van der Waals surface area contributed by atoms with Crippen LogP contribution in [-0.2, 0) is 30.3 Å². The zero-order chi connectivity index (χ0) is 29.4.